The van der Waals surface area contributed by atoms with Gasteiger partial charge >= 0.3 is 0 Å². The molecule has 1 aromatic heterocycles. The van der Waals surface area contributed by atoms with Crippen molar-refractivity contribution in [1.82, 2.24) is 10.3 Å². The van der Waals surface area contributed by atoms with Crippen LogP contribution in [0.2, 0.25) is 0 Å². The van der Waals surface area contributed by atoms with Crippen molar-refractivity contribution in [1.29, 1.82) is 0 Å². The summed E-state index contributed by atoms with van der Waals surface area (Å²) < 4.78 is 11.2. The molecule has 1 amide bonds. The second kappa shape index (κ2) is 8.77. The van der Waals surface area contributed by atoms with E-state index in [9.17, 15) is 9.00 Å². The first-order valence-electron chi connectivity index (χ1n) is 7.32. The Morgan fingerprint density at radius 3 is 2.67 bits per heavy atom. The normalized spacial score (nSPS) is 13.5. The molecule has 0 aromatic carbocycles. The van der Waals surface area contributed by atoms with Crippen LogP contribution in [0.5, 0.6) is 0 Å². The van der Waals surface area contributed by atoms with Crippen molar-refractivity contribution in [2.75, 3.05) is 23.9 Å². The summed E-state index contributed by atoms with van der Waals surface area (Å²) in [6.07, 6.45) is 3.41. The minimum atomic E-state index is -0.923. The number of pyridine rings is 1. The summed E-state index contributed by atoms with van der Waals surface area (Å²) in [5, 5.41) is 6.08. The van der Waals surface area contributed by atoms with E-state index >= 15 is 0 Å². The van der Waals surface area contributed by atoms with E-state index in [1.807, 2.05) is 19.9 Å². The highest BCUT2D eigenvalue weighted by Gasteiger charge is 2.13. The van der Waals surface area contributed by atoms with E-state index in [0.29, 0.717) is 11.3 Å². The Balaban J connectivity index is 2.84. The van der Waals surface area contributed by atoms with E-state index in [4.69, 9.17) is 0 Å². The molecular weight excluding hydrogens is 286 g/mol. The minimum absolute atomic E-state index is 0.117. The molecule has 6 heteroatoms. The van der Waals surface area contributed by atoms with Gasteiger partial charge in [-0.2, -0.15) is 0 Å². The van der Waals surface area contributed by atoms with Crippen molar-refractivity contribution in [3.63, 3.8) is 0 Å². The first-order chi connectivity index (χ1) is 9.96. The van der Waals surface area contributed by atoms with E-state index in [1.54, 1.807) is 12.3 Å². The third-order valence-corrected chi connectivity index (χ3v) is 3.89. The second-order valence-electron chi connectivity index (χ2n) is 5.13. The van der Waals surface area contributed by atoms with Gasteiger partial charge in [0, 0.05) is 46.7 Å². The lowest BCUT2D eigenvalue weighted by molar-refractivity contribution is 0.0943. The minimum Gasteiger partial charge on any atom is -0.370 e. The molecule has 5 nitrogen and oxygen atoms in total. The number of carbonyl (C=O) groups excluding carboxylic acids is 1. The molecule has 2 unspecified atom stereocenters. The van der Waals surface area contributed by atoms with Gasteiger partial charge in [0.1, 0.15) is 5.82 Å². The quantitative estimate of drug-likeness (QED) is 0.770. The highest BCUT2D eigenvalue weighted by molar-refractivity contribution is 7.84. The maximum absolute atomic E-state index is 12.3. The van der Waals surface area contributed by atoms with Crippen LogP contribution in [0.3, 0.4) is 0 Å². The number of hydrogen-bond acceptors (Lipinski definition) is 4. The van der Waals surface area contributed by atoms with Crippen LogP contribution in [0.4, 0.5) is 5.82 Å². The number of nitrogens with one attached hydrogen (secondary N) is 2. The molecule has 0 radical (unpaired) electrons. The van der Waals surface area contributed by atoms with Crippen molar-refractivity contribution in [2.45, 2.75) is 39.7 Å². The van der Waals surface area contributed by atoms with Crippen molar-refractivity contribution in [2.24, 2.45) is 0 Å². The van der Waals surface area contributed by atoms with Gasteiger partial charge in [0.15, 0.2) is 0 Å². The lowest BCUT2D eigenvalue weighted by Crippen LogP contribution is -2.36. The van der Waals surface area contributed by atoms with E-state index in [2.05, 4.69) is 22.5 Å². The van der Waals surface area contributed by atoms with Gasteiger partial charge in [-0.3, -0.25) is 9.00 Å². The van der Waals surface area contributed by atoms with Gasteiger partial charge in [-0.1, -0.05) is 13.8 Å². The van der Waals surface area contributed by atoms with Crippen LogP contribution < -0.4 is 10.6 Å². The predicted molar refractivity (Wildman–Crippen MR) is 88.3 cm³/mol. The molecule has 1 rings (SSSR count). The Labute approximate surface area is 129 Å². The number of aromatic nitrogens is 1. The Morgan fingerprint density at radius 2 is 2.10 bits per heavy atom. The fourth-order valence-corrected chi connectivity index (χ4v) is 2.73. The second-order valence-corrected chi connectivity index (χ2v) is 6.61. The zero-order chi connectivity index (χ0) is 15.8. The van der Waals surface area contributed by atoms with Crippen LogP contribution in [-0.2, 0) is 17.2 Å². The Bertz CT molecular complexity index is 506. The molecule has 0 spiro atoms. The molecule has 0 aliphatic carbocycles. The lowest BCUT2D eigenvalue weighted by Gasteiger charge is -2.14. The van der Waals surface area contributed by atoms with E-state index in [1.165, 1.54) is 0 Å². The SMILES string of the molecule is CCCNc1cc(C(=O)NC(C)CS(C)=O)cc(CC)n1. The molecule has 0 saturated carbocycles. The summed E-state index contributed by atoms with van der Waals surface area (Å²) >= 11 is 0. The zero-order valence-electron chi connectivity index (χ0n) is 13.2. The molecule has 0 fully saturated rings. The van der Waals surface area contributed by atoms with Crippen molar-refractivity contribution >= 4 is 22.5 Å². The van der Waals surface area contributed by atoms with Crippen LogP contribution in [0.15, 0.2) is 12.1 Å². The Kier molecular flexibility index (Phi) is 7.36. The van der Waals surface area contributed by atoms with Gasteiger partial charge < -0.3 is 10.6 Å². The van der Waals surface area contributed by atoms with Crippen LogP contribution in [0.25, 0.3) is 0 Å². The van der Waals surface area contributed by atoms with Crippen LogP contribution in [0, 0.1) is 0 Å². The Morgan fingerprint density at radius 1 is 1.38 bits per heavy atom. The summed E-state index contributed by atoms with van der Waals surface area (Å²) in [6, 6.07) is 3.45. The summed E-state index contributed by atoms with van der Waals surface area (Å²) in [5.74, 6) is 1.04. The molecule has 21 heavy (non-hydrogen) atoms. The molecule has 0 bridgehead atoms. The zero-order valence-corrected chi connectivity index (χ0v) is 14.0. The number of carbonyl (C=O) groups is 1. The average molecular weight is 311 g/mol. The number of rotatable bonds is 8. The highest BCUT2D eigenvalue weighted by Crippen LogP contribution is 2.12. The molecule has 118 valence electrons. The topological polar surface area (TPSA) is 71.1 Å². The largest absolute Gasteiger partial charge is 0.370 e. The van der Waals surface area contributed by atoms with E-state index in [0.717, 1.165) is 30.9 Å². The van der Waals surface area contributed by atoms with Crippen molar-refractivity contribution in [3.8, 4) is 0 Å². The molecule has 2 atom stereocenters. The average Bonchev–Trinajstić information content (AvgIpc) is 2.43. The predicted octanol–water partition coefficient (Wildman–Crippen LogP) is 1.96. The van der Waals surface area contributed by atoms with Crippen LogP contribution >= 0.6 is 0 Å². The van der Waals surface area contributed by atoms with Gasteiger partial charge in [-0.25, -0.2) is 4.98 Å². The summed E-state index contributed by atoms with van der Waals surface area (Å²) in [6.45, 7) is 6.78. The number of hydrogen-bond donors (Lipinski definition) is 2. The van der Waals surface area contributed by atoms with E-state index < -0.39 is 10.8 Å². The van der Waals surface area contributed by atoms with Gasteiger partial charge in [0.05, 0.1) is 0 Å². The smallest absolute Gasteiger partial charge is 0.251 e. The standard InChI is InChI=1S/C15H25N3O2S/c1-5-7-16-14-9-12(8-13(6-2)18-14)15(19)17-11(3)10-21(4)20/h8-9,11H,5-7,10H2,1-4H3,(H,16,18)(H,17,19). The van der Waals surface area contributed by atoms with Crippen LogP contribution in [0.1, 0.15) is 43.2 Å². The molecule has 0 aliphatic heterocycles. The first kappa shape index (κ1) is 17.6. The maximum atomic E-state index is 12.3. The monoisotopic (exact) mass is 311 g/mol. The molecule has 1 heterocycles. The van der Waals surface area contributed by atoms with Gasteiger partial charge in [-0.05, 0) is 31.9 Å². The summed E-state index contributed by atoms with van der Waals surface area (Å²) in [4.78, 5) is 16.7. The number of anilines is 1. The van der Waals surface area contributed by atoms with Crippen molar-refractivity contribution in [3.05, 3.63) is 23.4 Å². The number of aryl methyl sites for hydroxylation is 1. The molecule has 0 aliphatic rings. The molecule has 2 N–H and O–H groups in total. The molecular formula is C15H25N3O2S. The molecule has 1 aromatic rings. The first-order valence-corrected chi connectivity index (χ1v) is 9.04. The lowest BCUT2D eigenvalue weighted by atomic mass is 10.1. The van der Waals surface area contributed by atoms with Gasteiger partial charge in [0.25, 0.3) is 5.91 Å². The summed E-state index contributed by atoms with van der Waals surface area (Å²) in [5.41, 5.74) is 1.47. The third kappa shape index (κ3) is 6.25. The van der Waals surface area contributed by atoms with E-state index in [-0.39, 0.29) is 11.9 Å². The third-order valence-electron chi connectivity index (χ3n) is 2.92. The Hall–Kier alpha value is -1.43. The fourth-order valence-electron chi connectivity index (χ4n) is 1.94. The van der Waals surface area contributed by atoms with Crippen molar-refractivity contribution < 1.29 is 9.00 Å². The van der Waals surface area contributed by atoms with Crippen LogP contribution in [-0.4, -0.2) is 39.7 Å². The highest BCUT2D eigenvalue weighted by atomic mass is 32.2. The van der Waals surface area contributed by atoms with Gasteiger partial charge in [0.2, 0.25) is 0 Å². The number of amides is 1. The summed E-state index contributed by atoms with van der Waals surface area (Å²) in [7, 11) is -0.923. The number of nitrogens with zero attached hydrogens (tertiary/aromatic N) is 1. The molecule has 0 saturated heterocycles. The maximum Gasteiger partial charge on any atom is 0.251 e. The van der Waals surface area contributed by atoms with Gasteiger partial charge in [-0.15, -0.1) is 0 Å². The fraction of sp³-hybridized carbons (Fsp3) is 0.600.